The predicted octanol–water partition coefficient (Wildman–Crippen LogP) is 2.61. The number of nitrogens with zero attached hydrogens (tertiary/aromatic N) is 4. The maximum absolute atomic E-state index is 13.1. The van der Waals surface area contributed by atoms with Gasteiger partial charge < -0.3 is 5.32 Å². The summed E-state index contributed by atoms with van der Waals surface area (Å²) < 4.78 is 14.9. The van der Waals surface area contributed by atoms with E-state index in [9.17, 15) is 4.39 Å². The fraction of sp³-hybridized carbons (Fsp3) is 0.278. The van der Waals surface area contributed by atoms with Crippen LogP contribution in [0.3, 0.4) is 0 Å². The second kappa shape index (κ2) is 7.22. The fourth-order valence-electron chi connectivity index (χ4n) is 3.15. The average Bonchev–Trinajstić information content (AvgIpc) is 3.18. The van der Waals surface area contributed by atoms with E-state index in [0.29, 0.717) is 11.6 Å². The summed E-state index contributed by atoms with van der Waals surface area (Å²) in [7, 11) is 0. The number of aromatic nitrogens is 4. The van der Waals surface area contributed by atoms with Crippen LogP contribution in [0.25, 0.3) is 5.82 Å². The highest BCUT2D eigenvalue weighted by Gasteiger charge is 2.35. The Labute approximate surface area is 160 Å². The largest absolute Gasteiger partial charge is 0.352 e. The normalized spacial score (nSPS) is 22.1. The third-order valence-electron chi connectivity index (χ3n) is 4.44. The number of nitrogens with one attached hydrogen (secondary N) is 3. The molecule has 27 heavy (non-hydrogen) atoms. The molecule has 3 unspecified atom stereocenters. The summed E-state index contributed by atoms with van der Waals surface area (Å²) in [5, 5.41) is 7.39. The van der Waals surface area contributed by atoms with Crippen LogP contribution in [-0.4, -0.2) is 31.3 Å². The van der Waals surface area contributed by atoms with Crippen molar-refractivity contribution >= 4 is 17.4 Å². The average molecular weight is 388 g/mol. The van der Waals surface area contributed by atoms with Gasteiger partial charge in [0, 0.05) is 11.8 Å². The van der Waals surface area contributed by atoms with Crippen LogP contribution in [0.2, 0.25) is 0 Å². The molecular weight excluding hydrogens is 369 g/mol. The molecule has 0 radical (unpaired) electrons. The molecule has 7 nitrogen and oxygen atoms in total. The van der Waals surface area contributed by atoms with E-state index in [1.165, 1.54) is 18.5 Å². The summed E-state index contributed by atoms with van der Waals surface area (Å²) in [6.07, 6.45) is 1.21. The molecule has 3 heterocycles. The van der Waals surface area contributed by atoms with Crippen molar-refractivity contribution in [3.8, 4) is 5.82 Å². The van der Waals surface area contributed by atoms with Crippen molar-refractivity contribution in [2.24, 2.45) is 0 Å². The van der Waals surface area contributed by atoms with Crippen LogP contribution >= 0.6 is 11.6 Å². The molecule has 0 bridgehead atoms. The number of rotatable bonds is 4. The zero-order valence-electron chi connectivity index (χ0n) is 14.8. The molecule has 0 saturated carbocycles. The minimum Gasteiger partial charge on any atom is -0.352 e. The van der Waals surface area contributed by atoms with Crippen molar-refractivity contribution in [3.63, 3.8) is 0 Å². The van der Waals surface area contributed by atoms with E-state index in [1.54, 1.807) is 16.8 Å². The molecule has 140 valence electrons. The number of alkyl halides is 1. The van der Waals surface area contributed by atoms with E-state index in [1.807, 2.05) is 26.0 Å². The Morgan fingerprint density at radius 1 is 1.11 bits per heavy atom. The molecule has 0 spiro atoms. The summed E-state index contributed by atoms with van der Waals surface area (Å²) in [5.74, 6) is 1.02. The zero-order valence-corrected chi connectivity index (χ0v) is 15.6. The van der Waals surface area contributed by atoms with Crippen molar-refractivity contribution < 1.29 is 4.39 Å². The van der Waals surface area contributed by atoms with Gasteiger partial charge in [-0.05, 0) is 37.6 Å². The molecule has 1 aliphatic rings. The number of hydrazine groups is 1. The topological polar surface area (TPSA) is 79.7 Å². The van der Waals surface area contributed by atoms with Crippen LogP contribution in [0.4, 0.5) is 10.2 Å². The predicted molar refractivity (Wildman–Crippen MR) is 101 cm³/mol. The van der Waals surface area contributed by atoms with Crippen LogP contribution in [0.5, 0.6) is 0 Å². The first-order valence-corrected chi connectivity index (χ1v) is 8.98. The first kappa shape index (κ1) is 17.8. The van der Waals surface area contributed by atoms with Gasteiger partial charge in [0.25, 0.3) is 0 Å². The minimum atomic E-state index is -0.317. The number of aryl methyl sites for hydroxylation is 2. The summed E-state index contributed by atoms with van der Waals surface area (Å²) in [5.41, 5.74) is 9.08. The van der Waals surface area contributed by atoms with Gasteiger partial charge in [0.2, 0.25) is 0 Å². The highest BCUT2D eigenvalue weighted by Crippen LogP contribution is 2.28. The first-order chi connectivity index (χ1) is 13.0. The van der Waals surface area contributed by atoms with Gasteiger partial charge in [-0.1, -0.05) is 12.1 Å². The Kier molecular flexibility index (Phi) is 4.77. The van der Waals surface area contributed by atoms with Gasteiger partial charge in [0.15, 0.2) is 5.82 Å². The molecule has 3 N–H and O–H groups in total. The third-order valence-corrected chi connectivity index (χ3v) is 4.95. The molecule has 1 fully saturated rings. The number of halogens is 2. The maximum atomic E-state index is 13.1. The van der Waals surface area contributed by atoms with E-state index in [2.05, 4.69) is 31.2 Å². The van der Waals surface area contributed by atoms with Crippen LogP contribution in [0, 0.1) is 19.7 Å². The van der Waals surface area contributed by atoms with Crippen molar-refractivity contribution in [3.05, 3.63) is 65.5 Å². The van der Waals surface area contributed by atoms with Crippen LogP contribution in [-0.2, 0) is 0 Å². The molecular formula is C18H19ClFN7. The molecule has 1 aliphatic heterocycles. The lowest BCUT2D eigenvalue weighted by Crippen LogP contribution is -2.38. The summed E-state index contributed by atoms with van der Waals surface area (Å²) >= 11 is 6.61. The number of hydrogen-bond donors (Lipinski definition) is 3. The SMILES string of the molecule is Cc1cc(C)n(-c2cc(NC3NNC(c4ccc(F)cc4)C3Cl)ncn2)n1. The summed E-state index contributed by atoms with van der Waals surface area (Å²) in [6.45, 7) is 3.91. The molecule has 0 amide bonds. The van der Waals surface area contributed by atoms with E-state index in [4.69, 9.17) is 11.6 Å². The fourth-order valence-corrected chi connectivity index (χ4v) is 3.48. The Balaban J connectivity index is 1.50. The van der Waals surface area contributed by atoms with Gasteiger partial charge in [-0.25, -0.2) is 29.9 Å². The highest BCUT2D eigenvalue weighted by molar-refractivity contribution is 6.22. The summed E-state index contributed by atoms with van der Waals surface area (Å²) in [6, 6.07) is 9.92. The van der Waals surface area contributed by atoms with Gasteiger partial charge in [0.05, 0.1) is 17.1 Å². The lowest BCUT2D eigenvalue weighted by molar-refractivity contribution is 0.562. The van der Waals surface area contributed by atoms with E-state index < -0.39 is 0 Å². The highest BCUT2D eigenvalue weighted by atomic mass is 35.5. The molecule has 1 saturated heterocycles. The molecule has 1 aromatic carbocycles. The van der Waals surface area contributed by atoms with E-state index in [-0.39, 0.29) is 23.4 Å². The van der Waals surface area contributed by atoms with Crippen LogP contribution in [0.15, 0.2) is 42.7 Å². The minimum absolute atomic E-state index is 0.165. The van der Waals surface area contributed by atoms with Gasteiger partial charge in [-0.15, -0.1) is 11.6 Å². The monoisotopic (exact) mass is 387 g/mol. The number of anilines is 1. The van der Waals surface area contributed by atoms with E-state index >= 15 is 0 Å². The molecule has 3 aromatic rings. The Morgan fingerprint density at radius 2 is 1.89 bits per heavy atom. The first-order valence-electron chi connectivity index (χ1n) is 8.54. The zero-order chi connectivity index (χ0) is 19.0. The summed E-state index contributed by atoms with van der Waals surface area (Å²) in [4.78, 5) is 8.56. The molecule has 4 rings (SSSR count). The van der Waals surface area contributed by atoms with Gasteiger partial charge in [-0.3, -0.25) is 0 Å². The molecule has 0 aliphatic carbocycles. The van der Waals surface area contributed by atoms with Crippen molar-refractivity contribution in [1.29, 1.82) is 0 Å². The molecule has 2 aromatic heterocycles. The number of benzene rings is 1. The standard InChI is InChI=1S/C18H19ClFN7/c1-10-7-11(2)27(26-10)15-8-14(21-9-22-15)23-18-16(19)17(24-25-18)12-3-5-13(20)6-4-12/h3-9,16-18,24-25H,1-2H3,(H,21,22,23). The second-order valence-electron chi connectivity index (χ2n) is 6.48. The van der Waals surface area contributed by atoms with Crippen LogP contribution < -0.4 is 16.2 Å². The van der Waals surface area contributed by atoms with E-state index in [0.717, 1.165) is 17.0 Å². The van der Waals surface area contributed by atoms with Crippen LogP contribution in [0.1, 0.15) is 23.0 Å². The number of hydrogen-bond acceptors (Lipinski definition) is 6. The third kappa shape index (κ3) is 3.64. The molecule has 9 heteroatoms. The quantitative estimate of drug-likeness (QED) is 0.597. The molecule has 3 atom stereocenters. The van der Waals surface area contributed by atoms with Crippen molar-refractivity contribution in [2.75, 3.05) is 5.32 Å². The van der Waals surface area contributed by atoms with Gasteiger partial charge >= 0.3 is 0 Å². The Hall–Kier alpha value is -2.55. The van der Waals surface area contributed by atoms with Gasteiger partial charge in [-0.2, -0.15) is 5.10 Å². The maximum Gasteiger partial charge on any atom is 0.159 e. The second-order valence-corrected chi connectivity index (χ2v) is 6.99. The Bertz CT molecular complexity index is 943. The van der Waals surface area contributed by atoms with Crippen molar-refractivity contribution in [2.45, 2.75) is 31.4 Å². The van der Waals surface area contributed by atoms with Gasteiger partial charge in [0.1, 0.15) is 24.1 Å². The van der Waals surface area contributed by atoms with Crippen molar-refractivity contribution in [1.82, 2.24) is 30.6 Å². The Morgan fingerprint density at radius 3 is 2.59 bits per heavy atom. The lowest BCUT2D eigenvalue weighted by atomic mass is 10.0. The lowest BCUT2D eigenvalue weighted by Gasteiger charge is -2.18. The smallest absolute Gasteiger partial charge is 0.159 e.